The van der Waals surface area contributed by atoms with Crippen molar-refractivity contribution in [2.24, 2.45) is 0 Å². The summed E-state index contributed by atoms with van der Waals surface area (Å²) < 4.78 is 26.9. The molecule has 0 heterocycles. The molecule has 0 saturated carbocycles. The number of Topliss-reactive ketones (excluding diaryl/α,β-unsaturated/α-hetero) is 1. The van der Waals surface area contributed by atoms with Crippen LogP contribution in [0, 0.1) is 0 Å². The molecule has 2 aromatic carbocycles. The predicted octanol–water partition coefficient (Wildman–Crippen LogP) is 3.34. The van der Waals surface area contributed by atoms with E-state index in [0.29, 0.717) is 16.3 Å². The van der Waals surface area contributed by atoms with E-state index in [1.54, 1.807) is 24.3 Å². The van der Waals surface area contributed by atoms with Crippen LogP contribution in [0.4, 0.5) is 5.69 Å². The predicted molar refractivity (Wildman–Crippen MR) is 78.7 cm³/mol. The fourth-order valence-corrected chi connectivity index (χ4v) is 2.93. The zero-order valence-corrected chi connectivity index (χ0v) is 12.2. The molecule has 0 aliphatic rings. The van der Waals surface area contributed by atoms with Crippen LogP contribution < -0.4 is 4.72 Å². The van der Waals surface area contributed by atoms with Gasteiger partial charge in [-0.1, -0.05) is 29.8 Å². The molecule has 4 nitrogen and oxygen atoms in total. The van der Waals surface area contributed by atoms with Gasteiger partial charge in [0.05, 0.1) is 10.6 Å². The minimum Gasteiger partial charge on any atom is -0.295 e. The van der Waals surface area contributed by atoms with Crippen molar-refractivity contribution in [3.63, 3.8) is 0 Å². The van der Waals surface area contributed by atoms with E-state index >= 15 is 0 Å². The van der Waals surface area contributed by atoms with Crippen molar-refractivity contribution in [3.8, 4) is 0 Å². The van der Waals surface area contributed by atoms with Crippen LogP contribution in [-0.2, 0) is 10.0 Å². The van der Waals surface area contributed by atoms with Crippen LogP contribution in [0.1, 0.15) is 17.3 Å². The first-order valence-corrected chi connectivity index (χ1v) is 7.64. The minimum atomic E-state index is -3.75. The third-order valence-electron chi connectivity index (χ3n) is 2.63. The molecule has 0 spiro atoms. The number of hydrogen-bond acceptors (Lipinski definition) is 3. The Balaban J connectivity index is 2.35. The maximum Gasteiger partial charge on any atom is 0.261 e. The molecule has 2 rings (SSSR count). The lowest BCUT2D eigenvalue weighted by Crippen LogP contribution is -2.13. The van der Waals surface area contributed by atoms with Crippen LogP contribution in [0.15, 0.2) is 53.4 Å². The van der Waals surface area contributed by atoms with Gasteiger partial charge in [-0.25, -0.2) is 8.42 Å². The molecule has 20 heavy (non-hydrogen) atoms. The van der Waals surface area contributed by atoms with Crippen molar-refractivity contribution < 1.29 is 13.2 Å². The number of carbonyl (C=O) groups is 1. The van der Waals surface area contributed by atoms with Gasteiger partial charge in [-0.2, -0.15) is 0 Å². The van der Waals surface area contributed by atoms with Crippen molar-refractivity contribution in [2.45, 2.75) is 11.8 Å². The lowest BCUT2D eigenvalue weighted by molar-refractivity contribution is 0.101. The molecule has 0 saturated heterocycles. The van der Waals surface area contributed by atoms with Crippen LogP contribution in [0.5, 0.6) is 0 Å². The third-order valence-corrected chi connectivity index (χ3v) is 4.24. The fraction of sp³-hybridized carbons (Fsp3) is 0.0714. The number of halogens is 1. The van der Waals surface area contributed by atoms with Crippen molar-refractivity contribution in [1.82, 2.24) is 0 Å². The Kier molecular flexibility index (Phi) is 4.11. The summed E-state index contributed by atoms with van der Waals surface area (Å²) in [6.45, 7) is 1.39. The molecule has 1 N–H and O–H groups in total. The van der Waals surface area contributed by atoms with Gasteiger partial charge in [0.1, 0.15) is 0 Å². The monoisotopic (exact) mass is 309 g/mol. The number of rotatable bonds is 4. The van der Waals surface area contributed by atoms with Gasteiger partial charge in [-0.15, -0.1) is 0 Å². The minimum absolute atomic E-state index is 0.0326. The van der Waals surface area contributed by atoms with Crippen molar-refractivity contribution >= 4 is 33.1 Å². The summed E-state index contributed by atoms with van der Waals surface area (Å²) in [6, 6.07) is 12.3. The zero-order chi connectivity index (χ0) is 14.8. The Morgan fingerprint density at radius 3 is 2.45 bits per heavy atom. The highest BCUT2D eigenvalue weighted by Crippen LogP contribution is 2.20. The second-order valence-electron chi connectivity index (χ2n) is 4.20. The maximum absolute atomic E-state index is 12.2. The fourth-order valence-electron chi connectivity index (χ4n) is 1.65. The molecular formula is C14H12ClNO3S. The zero-order valence-electron chi connectivity index (χ0n) is 10.6. The van der Waals surface area contributed by atoms with Crippen molar-refractivity contribution in [1.29, 1.82) is 0 Å². The van der Waals surface area contributed by atoms with Crippen LogP contribution in [0.3, 0.4) is 0 Å². The molecule has 0 atom stereocenters. The van der Waals surface area contributed by atoms with Gasteiger partial charge in [-0.3, -0.25) is 9.52 Å². The van der Waals surface area contributed by atoms with Crippen LogP contribution >= 0.6 is 11.6 Å². The molecule has 104 valence electrons. The molecule has 0 bridgehead atoms. The summed E-state index contributed by atoms with van der Waals surface area (Å²) in [6.07, 6.45) is 0. The summed E-state index contributed by atoms with van der Waals surface area (Å²) in [4.78, 5) is 11.3. The standard InChI is InChI=1S/C14H12ClNO3S/c1-10(17)11-4-2-7-14(8-11)20(18,19)16-13-6-3-5-12(15)9-13/h2-9,16H,1H3. The van der Waals surface area contributed by atoms with Gasteiger partial charge in [0, 0.05) is 10.6 Å². The van der Waals surface area contributed by atoms with Gasteiger partial charge >= 0.3 is 0 Å². The van der Waals surface area contributed by atoms with E-state index in [1.807, 2.05) is 0 Å². The molecule has 0 unspecified atom stereocenters. The summed E-state index contributed by atoms with van der Waals surface area (Å²) in [5.74, 6) is -0.190. The van der Waals surface area contributed by atoms with Gasteiger partial charge in [0.2, 0.25) is 0 Å². The normalized spacial score (nSPS) is 11.1. The summed E-state index contributed by atoms with van der Waals surface area (Å²) >= 11 is 5.81. The largest absolute Gasteiger partial charge is 0.295 e. The lowest BCUT2D eigenvalue weighted by atomic mass is 10.2. The average Bonchev–Trinajstić information content (AvgIpc) is 2.38. The molecule has 6 heteroatoms. The quantitative estimate of drug-likeness (QED) is 0.881. The average molecular weight is 310 g/mol. The summed E-state index contributed by atoms with van der Waals surface area (Å²) in [5.41, 5.74) is 0.713. The first kappa shape index (κ1) is 14.6. The third kappa shape index (κ3) is 3.37. The number of carbonyl (C=O) groups excluding carboxylic acids is 1. The molecule has 0 amide bonds. The molecule has 0 radical (unpaired) electrons. The summed E-state index contributed by atoms with van der Waals surface area (Å²) in [5, 5.41) is 0.433. The lowest BCUT2D eigenvalue weighted by Gasteiger charge is -2.09. The van der Waals surface area contributed by atoms with E-state index < -0.39 is 10.0 Å². The van der Waals surface area contributed by atoms with Gasteiger partial charge in [0.15, 0.2) is 5.78 Å². The second-order valence-corrected chi connectivity index (χ2v) is 6.32. The molecule has 0 aromatic heterocycles. The highest BCUT2D eigenvalue weighted by molar-refractivity contribution is 7.92. The maximum atomic E-state index is 12.2. The van der Waals surface area contributed by atoms with Gasteiger partial charge in [-0.05, 0) is 37.3 Å². The molecule has 0 aliphatic heterocycles. The molecule has 0 aliphatic carbocycles. The number of nitrogens with one attached hydrogen (secondary N) is 1. The first-order chi connectivity index (χ1) is 9.38. The van der Waals surface area contributed by atoms with E-state index in [2.05, 4.69) is 4.72 Å². The van der Waals surface area contributed by atoms with E-state index in [1.165, 1.54) is 31.2 Å². The van der Waals surface area contributed by atoms with Crippen LogP contribution in [0.25, 0.3) is 0 Å². The van der Waals surface area contributed by atoms with Crippen molar-refractivity contribution in [2.75, 3.05) is 4.72 Å². The van der Waals surface area contributed by atoms with Gasteiger partial charge in [0.25, 0.3) is 10.0 Å². The smallest absolute Gasteiger partial charge is 0.261 e. The van der Waals surface area contributed by atoms with E-state index in [9.17, 15) is 13.2 Å². The number of ketones is 1. The van der Waals surface area contributed by atoms with Gasteiger partial charge < -0.3 is 0 Å². The van der Waals surface area contributed by atoms with Crippen LogP contribution in [0.2, 0.25) is 5.02 Å². The number of hydrogen-bond donors (Lipinski definition) is 1. The number of benzene rings is 2. The second kappa shape index (κ2) is 5.64. The Labute approximate surface area is 122 Å². The van der Waals surface area contributed by atoms with E-state index in [4.69, 9.17) is 11.6 Å². The highest BCUT2D eigenvalue weighted by Gasteiger charge is 2.15. The Morgan fingerprint density at radius 1 is 1.10 bits per heavy atom. The molecule has 0 fully saturated rings. The molecule has 2 aromatic rings. The van der Waals surface area contributed by atoms with E-state index in [-0.39, 0.29) is 10.7 Å². The first-order valence-electron chi connectivity index (χ1n) is 5.78. The highest BCUT2D eigenvalue weighted by atomic mass is 35.5. The summed E-state index contributed by atoms with van der Waals surface area (Å²) in [7, 11) is -3.75. The Bertz CT molecular complexity index is 757. The number of sulfonamides is 1. The van der Waals surface area contributed by atoms with Crippen molar-refractivity contribution in [3.05, 3.63) is 59.1 Å². The SMILES string of the molecule is CC(=O)c1cccc(S(=O)(=O)Nc2cccc(Cl)c2)c1. The Morgan fingerprint density at radius 2 is 1.80 bits per heavy atom. The van der Waals surface area contributed by atoms with Crippen LogP contribution in [-0.4, -0.2) is 14.2 Å². The van der Waals surface area contributed by atoms with E-state index in [0.717, 1.165) is 0 Å². The molecular weight excluding hydrogens is 298 g/mol. The number of anilines is 1. The Hall–Kier alpha value is -1.85. The topological polar surface area (TPSA) is 63.2 Å².